The summed E-state index contributed by atoms with van der Waals surface area (Å²) in [7, 11) is 0. The van der Waals surface area contributed by atoms with Crippen LogP contribution in [0.3, 0.4) is 0 Å². The summed E-state index contributed by atoms with van der Waals surface area (Å²) < 4.78 is 5.42. The van der Waals surface area contributed by atoms with Gasteiger partial charge in [-0.25, -0.2) is 0 Å². The molecule has 0 N–H and O–H groups in total. The van der Waals surface area contributed by atoms with Crippen LogP contribution in [0.4, 0.5) is 5.69 Å². The maximum Gasteiger partial charge on any atom is 0.270 e. The van der Waals surface area contributed by atoms with E-state index in [1.165, 1.54) is 40.6 Å². The molecule has 0 aliphatic carbocycles. The first kappa shape index (κ1) is 24.2. The molecule has 3 aromatic rings. The molecule has 1 fully saturated rings. The molecule has 2 heterocycles. The molecule has 1 amide bonds. The first-order chi connectivity index (χ1) is 16.7. The van der Waals surface area contributed by atoms with Crippen molar-refractivity contribution < 1.29 is 14.1 Å². The van der Waals surface area contributed by atoms with E-state index in [0.29, 0.717) is 21.4 Å². The first-order valence-electron chi connectivity index (χ1n) is 10.9. The molecule has 4 rings (SSSR count). The number of amidine groups is 1. The summed E-state index contributed by atoms with van der Waals surface area (Å²) in [5.41, 5.74) is 2.66. The summed E-state index contributed by atoms with van der Waals surface area (Å²) in [6.45, 7) is 6.67. The Morgan fingerprint density at radius 3 is 2.51 bits per heavy atom. The highest BCUT2D eigenvalue weighted by molar-refractivity contribution is 8.18. The normalized spacial score (nSPS) is 16.7. The fourth-order valence-electron chi connectivity index (χ4n) is 3.37. The van der Waals surface area contributed by atoms with Crippen LogP contribution in [0.2, 0.25) is 0 Å². The van der Waals surface area contributed by atoms with Crippen LogP contribution in [0.15, 0.2) is 86.5 Å². The number of nitro groups is 1. The van der Waals surface area contributed by atoms with Crippen molar-refractivity contribution in [2.24, 2.45) is 10.2 Å². The van der Waals surface area contributed by atoms with E-state index < -0.39 is 4.92 Å². The maximum atomic E-state index is 13.2. The number of hydrogen-bond donors (Lipinski definition) is 0. The Morgan fingerprint density at radius 1 is 1.09 bits per heavy atom. The van der Waals surface area contributed by atoms with E-state index in [9.17, 15) is 14.9 Å². The number of furan rings is 1. The van der Waals surface area contributed by atoms with Crippen molar-refractivity contribution >= 4 is 40.8 Å². The zero-order valence-electron chi connectivity index (χ0n) is 19.5. The molecule has 0 spiro atoms. The predicted molar refractivity (Wildman–Crippen MR) is 138 cm³/mol. The molecule has 8 nitrogen and oxygen atoms in total. The third-order valence-corrected chi connectivity index (χ3v) is 6.28. The third kappa shape index (κ3) is 5.93. The molecule has 1 aliphatic rings. The Balaban J connectivity index is 1.60. The summed E-state index contributed by atoms with van der Waals surface area (Å²) in [5, 5.41) is 19.7. The second-order valence-electron chi connectivity index (χ2n) is 8.93. The molecule has 1 aromatic heterocycles. The van der Waals surface area contributed by atoms with Crippen LogP contribution in [0, 0.1) is 10.1 Å². The Labute approximate surface area is 207 Å². The first-order valence-corrected chi connectivity index (χ1v) is 11.7. The van der Waals surface area contributed by atoms with Crippen molar-refractivity contribution in [3.63, 3.8) is 0 Å². The molecule has 0 saturated carbocycles. The monoisotopic (exact) mass is 488 g/mol. The summed E-state index contributed by atoms with van der Waals surface area (Å²) >= 11 is 1.22. The van der Waals surface area contributed by atoms with Gasteiger partial charge in [0.2, 0.25) is 0 Å². The average molecular weight is 489 g/mol. The van der Waals surface area contributed by atoms with E-state index >= 15 is 0 Å². The van der Waals surface area contributed by atoms with Gasteiger partial charge in [-0.3, -0.25) is 19.8 Å². The summed E-state index contributed by atoms with van der Waals surface area (Å²) in [6.07, 6.45) is 4.80. The van der Waals surface area contributed by atoms with E-state index in [4.69, 9.17) is 4.42 Å². The lowest BCUT2D eigenvalue weighted by molar-refractivity contribution is -0.384. The van der Waals surface area contributed by atoms with Gasteiger partial charge < -0.3 is 4.42 Å². The Hall–Kier alpha value is -3.98. The van der Waals surface area contributed by atoms with E-state index in [0.717, 1.165) is 5.56 Å². The number of rotatable bonds is 6. The second kappa shape index (κ2) is 10.1. The van der Waals surface area contributed by atoms with Crippen LogP contribution in [0.5, 0.6) is 0 Å². The van der Waals surface area contributed by atoms with Gasteiger partial charge in [-0.15, -0.1) is 5.10 Å². The van der Waals surface area contributed by atoms with Crippen LogP contribution in [0.1, 0.15) is 43.2 Å². The number of thioether (sulfide) groups is 1. The van der Waals surface area contributed by atoms with E-state index in [1.807, 2.05) is 18.2 Å². The van der Waals surface area contributed by atoms with Crippen molar-refractivity contribution in [1.29, 1.82) is 0 Å². The number of nitrogens with zero attached hydrogens (tertiary/aromatic N) is 4. The molecule has 0 radical (unpaired) electrons. The van der Waals surface area contributed by atoms with Gasteiger partial charge in [0.15, 0.2) is 5.17 Å². The second-order valence-corrected chi connectivity index (χ2v) is 9.94. The fourth-order valence-corrected chi connectivity index (χ4v) is 4.31. The van der Waals surface area contributed by atoms with Gasteiger partial charge in [-0.2, -0.15) is 5.10 Å². The molecule has 35 heavy (non-hydrogen) atoms. The number of carbonyl (C=O) groups excluding carboxylic acids is 1. The molecule has 2 aromatic carbocycles. The minimum Gasteiger partial charge on any atom is -0.467 e. The minimum atomic E-state index is -0.467. The van der Waals surface area contributed by atoms with Crippen molar-refractivity contribution in [3.05, 3.63) is 104 Å². The lowest BCUT2D eigenvalue weighted by atomic mass is 9.87. The third-order valence-electron chi connectivity index (χ3n) is 5.29. The number of hydrogen-bond acceptors (Lipinski definition) is 7. The van der Waals surface area contributed by atoms with Crippen molar-refractivity contribution in [2.45, 2.75) is 32.7 Å². The Kier molecular flexibility index (Phi) is 6.97. The zero-order valence-corrected chi connectivity index (χ0v) is 20.4. The smallest absolute Gasteiger partial charge is 0.270 e. The van der Waals surface area contributed by atoms with Crippen molar-refractivity contribution in [2.75, 3.05) is 0 Å². The van der Waals surface area contributed by atoms with E-state index in [-0.39, 0.29) is 23.6 Å². The molecule has 0 bridgehead atoms. The highest BCUT2D eigenvalue weighted by atomic mass is 32.2. The molecule has 9 heteroatoms. The lowest BCUT2D eigenvalue weighted by Crippen LogP contribution is -2.28. The summed E-state index contributed by atoms with van der Waals surface area (Å²) in [5.74, 6) is 0.417. The van der Waals surface area contributed by atoms with Crippen LogP contribution < -0.4 is 0 Å². The number of amides is 1. The maximum absolute atomic E-state index is 13.2. The van der Waals surface area contributed by atoms with Crippen LogP contribution >= 0.6 is 11.8 Å². The average Bonchev–Trinajstić information content (AvgIpc) is 3.43. The Bertz CT molecular complexity index is 1320. The quantitative estimate of drug-likeness (QED) is 0.183. The molecule has 178 valence electrons. The molecular formula is C26H24N4O4S. The highest BCUT2D eigenvalue weighted by Gasteiger charge is 2.34. The fraction of sp³-hybridized carbons (Fsp3) is 0.192. The number of nitro benzene ring substituents is 1. The van der Waals surface area contributed by atoms with Crippen molar-refractivity contribution in [3.8, 4) is 0 Å². The topological polar surface area (TPSA) is 101 Å². The largest absolute Gasteiger partial charge is 0.467 e. The highest BCUT2D eigenvalue weighted by Crippen LogP contribution is 2.34. The lowest BCUT2D eigenvalue weighted by Gasteiger charge is -2.18. The van der Waals surface area contributed by atoms with E-state index in [1.54, 1.807) is 30.5 Å². The van der Waals surface area contributed by atoms with Crippen LogP contribution in [-0.4, -0.2) is 27.1 Å². The SMILES string of the molecule is CC(C)(C)c1ccc(/C=C2\S/C(=N/N=C\c3cccc([N+](=O)[O-])c3)N(Cc3ccco3)C2=O)cc1. The molecule has 0 atom stereocenters. The molecular weight excluding hydrogens is 464 g/mol. The van der Waals surface area contributed by atoms with Crippen LogP contribution in [-0.2, 0) is 16.8 Å². The standard InChI is InChI=1S/C26H24N4O4S/c1-26(2,3)20-11-9-18(10-12-20)15-23-24(31)29(17-22-8-5-13-34-22)25(35-23)28-27-16-19-6-4-7-21(14-19)30(32)33/h4-16H,17H2,1-3H3/b23-15-,27-16-,28-25+. The van der Waals surface area contributed by atoms with Gasteiger partial charge in [0, 0.05) is 17.7 Å². The van der Waals surface area contributed by atoms with Crippen molar-refractivity contribution in [1.82, 2.24) is 4.90 Å². The number of carbonyl (C=O) groups is 1. The molecule has 1 aliphatic heterocycles. The molecule has 1 saturated heterocycles. The van der Waals surface area contributed by atoms with Gasteiger partial charge in [0.1, 0.15) is 5.76 Å². The predicted octanol–water partition coefficient (Wildman–Crippen LogP) is 5.99. The Morgan fingerprint density at radius 2 is 1.86 bits per heavy atom. The van der Waals surface area contributed by atoms with Crippen LogP contribution in [0.25, 0.3) is 6.08 Å². The van der Waals surface area contributed by atoms with Gasteiger partial charge in [0.25, 0.3) is 11.6 Å². The molecule has 0 unspecified atom stereocenters. The number of benzene rings is 2. The zero-order chi connectivity index (χ0) is 25.0. The van der Waals surface area contributed by atoms with Gasteiger partial charge >= 0.3 is 0 Å². The summed E-state index contributed by atoms with van der Waals surface area (Å²) in [4.78, 5) is 25.8. The van der Waals surface area contributed by atoms with Gasteiger partial charge in [0.05, 0.1) is 28.9 Å². The number of non-ortho nitro benzene ring substituents is 1. The minimum absolute atomic E-state index is 0.0332. The van der Waals surface area contributed by atoms with Gasteiger partial charge in [-0.1, -0.05) is 57.2 Å². The van der Waals surface area contributed by atoms with Gasteiger partial charge in [-0.05, 0) is 46.5 Å². The van der Waals surface area contributed by atoms with E-state index in [2.05, 4.69) is 43.1 Å². The summed E-state index contributed by atoms with van der Waals surface area (Å²) in [6, 6.07) is 17.7.